The molecule has 0 aromatic heterocycles. The van der Waals surface area contributed by atoms with E-state index in [1.807, 2.05) is 43.3 Å². The molecule has 0 bridgehead atoms. The van der Waals surface area contributed by atoms with Crippen LogP contribution >= 0.6 is 15.9 Å². The maximum Gasteiger partial charge on any atom is 0.335 e. The number of allylic oxidation sites excluding steroid dienone is 1. The molecule has 1 fully saturated rings. The summed E-state index contributed by atoms with van der Waals surface area (Å²) in [6.07, 6.45) is 3.79. The number of rotatable bonds is 7. The number of anilines is 1. The van der Waals surface area contributed by atoms with Gasteiger partial charge < -0.3 is 4.74 Å². The van der Waals surface area contributed by atoms with Crippen LogP contribution in [0.2, 0.25) is 0 Å². The number of carbonyl (C=O) groups is 3. The third kappa shape index (κ3) is 5.40. The van der Waals surface area contributed by atoms with Crippen molar-refractivity contribution in [1.29, 1.82) is 0 Å². The lowest BCUT2D eigenvalue weighted by molar-refractivity contribution is -0.122. The molecule has 1 N–H and O–H groups in total. The maximum atomic E-state index is 13.3. The Balaban J connectivity index is 1.43. The summed E-state index contributed by atoms with van der Waals surface area (Å²) in [7, 11) is 0. The molecule has 39 heavy (non-hydrogen) atoms. The number of nitrogens with one attached hydrogen (secondary N) is 1. The number of aryl methyl sites for hydroxylation is 1. The average Bonchev–Trinajstić information content (AvgIpc) is 2.92. The van der Waals surface area contributed by atoms with E-state index >= 15 is 0 Å². The Morgan fingerprint density at radius 3 is 2.54 bits per heavy atom. The summed E-state index contributed by atoms with van der Waals surface area (Å²) in [5.41, 5.74) is 3.65. The Labute approximate surface area is 234 Å². The van der Waals surface area contributed by atoms with E-state index in [0.717, 1.165) is 36.8 Å². The first-order chi connectivity index (χ1) is 18.9. The van der Waals surface area contributed by atoms with Crippen LogP contribution in [0.4, 0.5) is 10.5 Å². The van der Waals surface area contributed by atoms with Crippen molar-refractivity contribution < 1.29 is 19.1 Å². The first-order valence-corrected chi connectivity index (χ1v) is 13.2. The summed E-state index contributed by atoms with van der Waals surface area (Å²) in [5, 5.41) is 4.55. The molecule has 5 rings (SSSR count). The van der Waals surface area contributed by atoms with Gasteiger partial charge in [0.2, 0.25) is 0 Å². The second-order valence-electron chi connectivity index (χ2n) is 9.18. The third-order valence-corrected chi connectivity index (χ3v) is 7.41. The van der Waals surface area contributed by atoms with Crippen molar-refractivity contribution in [3.63, 3.8) is 0 Å². The van der Waals surface area contributed by atoms with Crippen LogP contribution in [0.5, 0.6) is 5.75 Å². The van der Waals surface area contributed by atoms with E-state index in [0.29, 0.717) is 30.0 Å². The predicted molar refractivity (Wildman–Crippen MR) is 157 cm³/mol. The highest BCUT2D eigenvalue weighted by molar-refractivity contribution is 9.10. The Bertz CT molecular complexity index is 1670. The molecule has 4 aromatic rings. The number of amides is 4. The molecular formula is C32H25BrN2O4. The zero-order valence-electron chi connectivity index (χ0n) is 21.2. The van der Waals surface area contributed by atoms with Gasteiger partial charge in [0.1, 0.15) is 17.9 Å². The predicted octanol–water partition coefficient (Wildman–Crippen LogP) is 6.88. The fourth-order valence-corrected chi connectivity index (χ4v) is 4.79. The number of halogens is 1. The smallest absolute Gasteiger partial charge is 0.335 e. The van der Waals surface area contributed by atoms with E-state index in [4.69, 9.17) is 4.74 Å². The number of benzene rings is 4. The van der Waals surface area contributed by atoms with Gasteiger partial charge in [-0.2, -0.15) is 0 Å². The number of hydrogen-bond donors (Lipinski definition) is 1. The van der Waals surface area contributed by atoms with Crippen LogP contribution in [-0.4, -0.2) is 17.8 Å². The Morgan fingerprint density at radius 2 is 1.74 bits per heavy atom. The van der Waals surface area contributed by atoms with Crippen LogP contribution in [0, 0.1) is 6.92 Å². The Kier molecular flexibility index (Phi) is 7.43. The molecule has 0 saturated carbocycles. The summed E-state index contributed by atoms with van der Waals surface area (Å²) in [6.45, 7) is 6.09. The lowest BCUT2D eigenvalue weighted by Crippen LogP contribution is -2.54. The van der Waals surface area contributed by atoms with Crippen molar-refractivity contribution >= 4 is 56.3 Å². The number of ether oxygens (including phenoxy) is 1. The molecule has 0 atom stereocenters. The largest absolute Gasteiger partial charge is 0.489 e. The number of carbonyl (C=O) groups excluding carboxylic acids is 3. The van der Waals surface area contributed by atoms with Gasteiger partial charge in [-0.15, -0.1) is 6.58 Å². The molecule has 0 aliphatic carbocycles. The SMILES string of the molecule is C=CCc1cc(/C=C2\C(=O)NC(=O)N(c3ccc(Br)c(C)c3)C2=O)ccc1OCc1cccc2ccccc12. The summed E-state index contributed by atoms with van der Waals surface area (Å²) in [5.74, 6) is -0.741. The Hall–Kier alpha value is -4.49. The van der Waals surface area contributed by atoms with Crippen molar-refractivity contribution in [2.24, 2.45) is 0 Å². The van der Waals surface area contributed by atoms with Gasteiger partial charge in [0.25, 0.3) is 11.8 Å². The molecule has 1 aliphatic rings. The molecule has 1 saturated heterocycles. The molecule has 4 aromatic carbocycles. The molecular weight excluding hydrogens is 556 g/mol. The zero-order chi connectivity index (χ0) is 27.5. The minimum Gasteiger partial charge on any atom is -0.489 e. The minimum atomic E-state index is -0.784. The van der Waals surface area contributed by atoms with Crippen LogP contribution in [-0.2, 0) is 22.6 Å². The van der Waals surface area contributed by atoms with Crippen molar-refractivity contribution in [2.45, 2.75) is 20.0 Å². The van der Waals surface area contributed by atoms with Crippen LogP contribution in [0.25, 0.3) is 16.8 Å². The van der Waals surface area contributed by atoms with Gasteiger partial charge >= 0.3 is 6.03 Å². The average molecular weight is 581 g/mol. The quantitative estimate of drug-likeness (QED) is 0.147. The monoisotopic (exact) mass is 580 g/mol. The van der Waals surface area contributed by atoms with E-state index in [1.54, 1.807) is 30.3 Å². The van der Waals surface area contributed by atoms with Crippen LogP contribution < -0.4 is 15.0 Å². The molecule has 4 amide bonds. The number of nitrogens with zero attached hydrogens (tertiary/aromatic N) is 1. The van der Waals surface area contributed by atoms with Crippen LogP contribution in [0.1, 0.15) is 22.3 Å². The number of barbiturate groups is 1. The van der Waals surface area contributed by atoms with Crippen LogP contribution in [0.3, 0.4) is 0 Å². The molecule has 1 heterocycles. The second-order valence-corrected chi connectivity index (χ2v) is 10.0. The zero-order valence-corrected chi connectivity index (χ0v) is 22.8. The minimum absolute atomic E-state index is 0.135. The van der Waals surface area contributed by atoms with E-state index < -0.39 is 17.8 Å². The Morgan fingerprint density at radius 1 is 0.949 bits per heavy atom. The molecule has 0 spiro atoms. The van der Waals surface area contributed by atoms with E-state index in [1.165, 1.54) is 6.08 Å². The topological polar surface area (TPSA) is 75.7 Å². The lowest BCUT2D eigenvalue weighted by atomic mass is 10.0. The normalized spacial score (nSPS) is 14.6. The third-order valence-electron chi connectivity index (χ3n) is 6.52. The van der Waals surface area contributed by atoms with Gasteiger partial charge in [0.15, 0.2) is 0 Å². The molecule has 194 valence electrons. The number of urea groups is 1. The summed E-state index contributed by atoms with van der Waals surface area (Å²) >= 11 is 3.42. The molecule has 0 unspecified atom stereocenters. The highest BCUT2D eigenvalue weighted by Gasteiger charge is 2.37. The van der Waals surface area contributed by atoms with E-state index in [9.17, 15) is 14.4 Å². The first kappa shape index (κ1) is 26.1. The lowest BCUT2D eigenvalue weighted by Gasteiger charge is -2.26. The summed E-state index contributed by atoms with van der Waals surface area (Å²) < 4.78 is 7.06. The first-order valence-electron chi connectivity index (χ1n) is 12.4. The van der Waals surface area contributed by atoms with Crippen molar-refractivity contribution in [1.82, 2.24) is 5.32 Å². The van der Waals surface area contributed by atoms with Crippen molar-refractivity contribution in [3.8, 4) is 5.75 Å². The fraction of sp³-hybridized carbons (Fsp3) is 0.0938. The van der Waals surface area contributed by atoms with Gasteiger partial charge in [0.05, 0.1) is 5.69 Å². The highest BCUT2D eigenvalue weighted by Crippen LogP contribution is 2.28. The molecule has 6 nitrogen and oxygen atoms in total. The van der Waals surface area contributed by atoms with Crippen molar-refractivity contribution in [3.05, 3.63) is 124 Å². The van der Waals surface area contributed by atoms with Gasteiger partial charge in [-0.25, -0.2) is 9.69 Å². The molecule has 7 heteroatoms. The van der Waals surface area contributed by atoms with Gasteiger partial charge in [0, 0.05) is 4.47 Å². The van der Waals surface area contributed by atoms with E-state index in [-0.39, 0.29) is 5.57 Å². The number of imide groups is 2. The second kappa shape index (κ2) is 11.1. The standard InChI is InChI=1S/C32H25BrN2O4/c1-3-7-23-17-21(12-15-29(23)39-19-24-10-6-9-22-8-4-5-11-26(22)24)18-27-30(36)34-32(38)35(31(27)37)25-13-14-28(33)20(2)16-25/h3-6,8-18H,1,7,19H2,2H3,(H,34,36,38)/b27-18+. The summed E-state index contributed by atoms with van der Waals surface area (Å²) in [4.78, 5) is 39.5. The van der Waals surface area contributed by atoms with E-state index in [2.05, 4.69) is 46.0 Å². The fourth-order valence-electron chi connectivity index (χ4n) is 4.55. The molecule has 1 aliphatic heterocycles. The number of fused-ring (bicyclic) bond motifs is 1. The van der Waals surface area contributed by atoms with Gasteiger partial charge in [-0.05, 0) is 82.8 Å². The van der Waals surface area contributed by atoms with Crippen LogP contribution in [0.15, 0.2) is 102 Å². The number of hydrogen-bond acceptors (Lipinski definition) is 4. The molecule has 0 radical (unpaired) electrons. The van der Waals surface area contributed by atoms with Gasteiger partial charge in [-0.3, -0.25) is 14.9 Å². The van der Waals surface area contributed by atoms with Crippen molar-refractivity contribution in [2.75, 3.05) is 4.90 Å². The highest BCUT2D eigenvalue weighted by atomic mass is 79.9. The van der Waals surface area contributed by atoms with Gasteiger partial charge in [-0.1, -0.05) is 70.5 Å². The maximum absolute atomic E-state index is 13.3. The summed E-state index contributed by atoms with van der Waals surface area (Å²) in [6, 6.07) is 24.1.